The van der Waals surface area contributed by atoms with Crippen LogP contribution in [0, 0.1) is 6.92 Å². The fourth-order valence-corrected chi connectivity index (χ4v) is 4.46. The molecule has 0 spiro atoms. The predicted octanol–water partition coefficient (Wildman–Crippen LogP) is 4.69. The Morgan fingerprint density at radius 2 is 1.88 bits per heavy atom. The maximum absolute atomic E-state index is 4.63. The molecule has 3 heterocycles. The third kappa shape index (κ3) is 4.47. The smallest absolute Gasteiger partial charge is 0.130 e. The average molecular weight is 457 g/mol. The second-order valence-electron chi connectivity index (χ2n) is 8.34. The van der Waals surface area contributed by atoms with Gasteiger partial charge in [0, 0.05) is 61.6 Å². The number of pyridine rings is 1. The molecule has 1 saturated heterocycles. The van der Waals surface area contributed by atoms with E-state index in [4.69, 9.17) is 0 Å². The summed E-state index contributed by atoms with van der Waals surface area (Å²) in [4.78, 5) is 11.5. The Hall–Kier alpha value is -3.29. The van der Waals surface area contributed by atoms with E-state index in [-0.39, 0.29) is 0 Å². The lowest BCUT2D eigenvalue weighted by molar-refractivity contribution is 0.589. The average Bonchev–Trinajstić information content (AvgIpc) is 3.20. The zero-order chi connectivity index (χ0) is 22.8. The maximum Gasteiger partial charge on any atom is 0.130 e. The lowest BCUT2D eigenvalue weighted by Gasteiger charge is -2.29. The molecular formula is C26H28N6S. The summed E-state index contributed by atoms with van der Waals surface area (Å²) in [5, 5.41) is 10.9. The molecule has 168 valence electrons. The van der Waals surface area contributed by atoms with E-state index in [2.05, 4.69) is 91.2 Å². The number of piperazine rings is 1. The minimum Gasteiger partial charge on any atom is -0.369 e. The summed E-state index contributed by atoms with van der Waals surface area (Å²) >= 11 is 4.48. The van der Waals surface area contributed by atoms with E-state index < -0.39 is 0 Å². The van der Waals surface area contributed by atoms with Crippen LogP contribution in [0.5, 0.6) is 0 Å². The van der Waals surface area contributed by atoms with Crippen LogP contribution in [-0.4, -0.2) is 40.7 Å². The maximum atomic E-state index is 4.63. The van der Waals surface area contributed by atoms with E-state index in [9.17, 15) is 0 Å². The van der Waals surface area contributed by atoms with Crippen LogP contribution in [0.2, 0.25) is 0 Å². The van der Waals surface area contributed by atoms with E-state index >= 15 is 0 Å². The van der Waals surface area contributed by atoms with Gasteiger partial charge in [-0.15, -0.1) is 12.6 Å². The van der Waals surface area contributed by atoms with Crippen LogP contribution in [0.15, 0.2) is 66.3 Å². The third-order valence-corrected chi connectivity index (χ3v) is 6.53. The molecule has 0 radical (unpaired) electrons. The minimum absolute atomic E-state index is 0.786. The van der Waals surface area contributed by atoms with Crippen molar-refractivity contribution in [2.75, 3.05) is 36.4 Å². The van der Waals surface area contributed by atoms with Gasteiger partial charge in [0.05, 0.1) is 17.6 Å². The first kappa shape index (κ1) is 21.6. The summed E-state index contributed by atoms with van der Waals surface area (Å²) in [5.41, 5.74) is 5.46. The van der Waals surface area contributed by atoms with E-state index in [1.807, 2.05) is 26.4 Å². The van der Waals surface area contributed by atoms with E-state index in [0.717, 1.165) is 71.1 Å². The van der Waals surface area contributed by atoms with Crippen molar-refractivity contribution < 1.29 is 0 Å². The summed E-state index contributed by atoms with van der Waals surface area (Å²) < 4.78 is 2.11. The minimum atomic E-state index is 0.786. The molecule has 4 aromatic rings. The molecular weight excluding hydrogens is 428 g/mol. The molecule has 0 atom stereocenters. The van der Waals surface area contributed by atoms with Gasteiger partial charge in [0.25, 0.3) is 0 Å². The first-order valence-corrected chi connectivity index (χ1v) is 11.7. The number of benzene rings is 2. The second kappa shape index (κ2) is 9.29. The summed E-state index contributed by atoms with van der Waals surface area (Å²) in [7, 11) is 2.04. The number of hydrogen-bond acceptors (Lipinski definition) is 6. The van der Waals surface area contributed by atoms with Crippen molar-refractivity contribution in [2.24, 2.45) is 7.05 Å². The van der Waals surface area contributed by atoms with Gasteiger partial charge in [0.1, 0.15) is 11.6 Å². The molecule has 2 aromatic carbocycles. The second-order valence-corrected chi connectivity index (χ2v) is 8.59. The van der Waals surface area contributed by atoms with Gasteiger partial charge < -0.3 is 20.1 Å². The highest BCUT2D eigenvalue weighted by molar-refractivity contribution is 7.83. The van der Waals surface area contributed by atoms with E-state index in [0.29, 0.717) is 0 Å². The molecule has 2 aromatic heterocycles. The molecule has 1 aliphatic rings. The van der Waals surface area contributed by atoms with Gasteiger partial charge in [-0.25, -0.2) is 9.97 Å². The highest BCUT2D eigenvalue weighted by Gasteiger charge is 2.12. The highest BCUT2D eigenvalue weighted by atomic mass is 32.1. The quantitative estimate of drug-likeness (QED) is 0.380. The first-order valence-electron chi connectivity index (χ1n) is 11.2. The zero-order valence-electron chi connectivity index (χ0n) is 18.9. The number of nitrogens with zero attached hydrogens (tertiary/aromatic N) is 4. The largest absolute Gasteiger partial charge is 0.369 e. The fourth-order valence-electron chi connectivity index (χ4n) is 4.25. The van der Waals surface area contributed by atoms with Gasteiger partial charge in [-0.3, -0.25) is 0 Å². The van der Waals surface area contributed by atoms with Crippen molar-refractivity contribution >= 4 is 40.6 Å². The number of aryl methyl sites for hydroxylation is 1. The molecule has 33 heavy (non-hydrogen) atoms. The third-order valence-electron chi connectivity index (χ3n) is 6.27. The van der Waals surface area contributed by atoms with Crippen molar-refractivity contribution in [1.82, 2.24) is 19.9 Å². The number of thiol groups is 1. The van der Waals surface area contributed by atoms with Crippen LogP contribution in [0.4, 0.5) is 11.5 Å². The Bertz CT molecular complexity index is 1320. The Balaban J connectivity index is 1.42. The van der Waals surface area contributed by atoms with Gasteiger partial charge >= 0.3 is 0 Å². The number of imidazole rings is 1. The monoisotopic (exact) mass is 456 g/mol. The van der Waals surface area contributed by atoms with Crippen molar-refractivity contribution in [3.63, 3.8) is 0 Å². The van der Waals surface area contributed by atoms with Crippen LogP contribution >= 0.6 is 12.6 Å². The molecule has 2 N–H and O–H groups in total. The predicted molar refractivity (Wildman–Crippen MR) is 141 cm³/mol. The van der Waals surface area contributed by atoms with Crippen LogP contribution in [0.1, 0.15) is 11.4 Å². The van der Waals surface area contributed by atoms with Crippen LogP contribution in [0.25, 0.3) is 27.7 Å². The van der Waals surface area contributed by atoms with Gasteiger partial charge in [-0.05, 0) is 42.0 Å². The number of rotatable bonds is 5. The Labute approximate surface area is 199 Å². The Kier molecular flexibility index (Phi) is 6.07. The number of aromatic nitrogens is 3. The standard InChI is InChI=1S/C26H28N6S/c1-18-28-16-25(31(18)2)20-6-7-21-15-29-26(14-22(21)12-20)30-24(17-33)19-4-3-5-23(13-19)32-10-8-27-9-11-32/h3-7,12-17,27,33H,8-11H2,1-2H3,(H,29,30)/b24-17+. The molecule has 0 saturated carbocycles. The van der Waals surface area contributed by atoms with Crippen LogP contribution < -0.4 is 15.5 Å². The lowest BCUT2D eigenvalue weighted by atomic mass is 10.1. The van der Waals surface area contributed by atoms with Crippen LogP contribution in [0.3, 0.4) is 0 Å². The summed E-state index contributed by atoms with van der Waals surface area (Å²) in [6, 6.07) is 17.1. The zero-order valence-corrected chi connectivity index (χ0v) is 19.8. The SMILES string of the molecule is Cc1ncc(-c2ccc3cnc(N/C(=C/S)c4cccc(N5CCNCC5)c4)cc3c2)n1C. The number of anilines is 2. The van der Waals surface area contributed by atoms with Crippen molar-refractivity contribution in [3.05, 3.63) is 77.7 Å². The van der Waals surface area contributed by atoms with Gasteiger partial charge in [0.2, 0.25) is 0 Å². The van der Waals surface area contributed by atoms with Crippen molar-refractivity contribution in [1.29, 1.82) is 0 Å². The highest BCUT2D eigenvalue weighted by Crippen LogP contribution is 2.28. The fraction of sp³-hybridized carbons (Fsp3) is 0.231. The van der Waals surface area contributed by atoms with Crippen molar-refractivity contribution in [2.45, 2.75) is 6.92 Å². The number of nitrogens with one attached hydrogen (secondary N) is 2. The first-order chi connectivity index (χ1) is 16.1. The molecule has 5 rings (SSSR count). The molecule has 0 aliphatic carbocycles. The molecule has 6 nitrogen and oxygen atoms in total. The molecule has 1 fully saturated rings. The Morgan fingerprint density at radius 3 is 2.64 bits per heavy atom. The summed E-state index contributed by atoms with van der Waals surface area (Å²) in [6.07, 6.45) is 3.83. The van der Waals surface area contributed by atoms with Gasteiger partial charge in [0.15, 0.2) is 0 Å². The van der Waals surface area contributed by atoms with E-state index in [1.165, 1.54) is 5.69 Å². The van der Waals surface area contributed by atoms with E-state index in [1.54, 1.807) is 5.41 Å². The van der Waals surface area contributed by atoms with Gasteiger partial charge in [-0.1, -0.05) is 24.3 Å². The van der Waals surface area contributed by atoms with Crippen LogP contribution in [-0.2, 0) is 7.05 Å². The number of fused-ring (bicyclic) bond motifs is 1. The number of hydrogen-bond donors (Lipinski definition) is 3. The lowest BCUT2D eigenvalue weighted by Crippen LogP contribution is -2.43. The molecule has 1 aliphatic heterocycles. The van der Waals surface area contributed by atoms with Gasteiger partial charge in [-0.2, -0.15) is 0 Å². The molecule has 7 heteroatoms. The van der Waals surface area contributed by atoms with Crippen molar-refractivity contribution in [3.8, 4) is 11.3 Å². The normalized spacial score (nSPS) is 14.6. The summed E-state index contributed by atoms with van der Waals surface area (Å²) in [6.45, 7) is 6.07. The summed E-state index contributed by atoms with van der Waals surface area (Å²) in [5.74, 6) is 1.78. The Morgan fingerprint density at radius 1 is 1.03 bits per heavy atom. The molecule has 0 unspecified atom stereocenters. The molecule has 0 amide bonds. The topological polar surface area (TPSA) is 58.0 Å². The molecule has 0 bridgehead atoms.